The molecule has 152 valence electrons. The zero-order chi connectivity index (χ0) is 20.4. The van der Waals surface area contributed by atoms with Crippen molar-refractivity contribution in [2.24, 2.45) is 0 Å². The summed E-state index contributed by atoms with van der Waals surface area (Å²) in [4.78, 5) is 12.5. The lowest BCUT2D eigenvalue weighted by Gasteiger charge is -2.26. The molecule has 8 nitrogen and oxygen atoms in total. The van der Waals surface area contributed by atoms with E-state index in [1.54, 1.807) is 18.3 Å². The highest BCUT2D eigenvalue weighted by Gasteiger charge is 2.34. The lowest BCUT2D eigenvalue weighted by Crippen LogP contribution is -2.38. The van der Waals surface area contributed by atoms with E-state index in [2.05, 4.69) is 30.0 Å². The molecule has 0 unspecified atom stereocenters. The SMILES string of the molecule is CNc1c(C(F)(F)F)ccnc1Nc1nc(-c2ccc(OC3COC3)cn2)ns1. The molecular weight excluding hydrogens is 409 g/mol. The summed E-state index contributed by atoms with van der Waals surface area (Å²) in [6.45, 7) is 1.12. The molecule has 1 saturated heterocycles. The zero-order valence-corrected chi connectivity index (χ0v) is 15.8. The van der Waals surface area contributed by atoms with Crippen LogP contribution in [0.3, 0.4) is 0 Å². The van der Waals surface area contributed by atoms with Crippen LogP contribution in [0.15, 0.2) is 30.6 Å². The Morgan fingerprint density at radius 1 is 1.21 bits per heavy atom. The average Bonchev–Trinajstić information content (AvgIpc) is 3.13. The molecule has 0 amide bonds. The maximum atomic E-state index is 13.2. The quantitative estimate of drug-likeness (QED) is 0.620. The Morgan fingerprint density at radius 3 is 2.66 bits per heavy atom. The first kappa shape index (κ1) is 19.3. The second-order valence-corrected chi connectivity index (χ2v) is 6.79. The summed E-state index contributed by atoms with van der Waals surface area (Å²) in [7, 11) is 1.40. The predicted octanol–water partition coefficient (Wildman–Crippen LogP) is 3.58. The van der Waals surface area contributed by atoms with Gasteiger partial charge in [-0.3, -0.25) is 0 Å². The van der Waals surface area contributed by atoms with Crippen LogP contribution in [0.2, 0.25) is 0 Å². The van der Waals surface area contributed by atoms with Gasteiger partial charge in [0.05, 0.1) is 30.7 Å². The van der Waals surface area contributed by atoms with Crippen molar-refractivity contribution in [3.63, 3.8) is 0 Å². The molecule has 0 atom stereocenters. The van der Waals surface area contributed by atoms with Gasteiger partial charge in [-0.05, 0) is 18.2 Å². The van der Waals surface area contributed by atoms with Crippen LogP contribution in [0.4, 0.5) is 29.8 Å². The van der Waals surface area contributed by atoms with Crippen LogP contribution in [0.1, 0.15) is 5.56 Å². The number of hydrogen-bond donors (Lipinski definition) is 2. The molecule has 4 heterocycles. The van der Waals surface area contributed by atoms with Gasteiger partial charge in [0.15, 0.2) is 11.6 Å². The molecule has 0 aliphatic carbocycles. The van der Waals surface area contributed by atoms with E-state index in [9.17, 15) is 13.2 Å². The van der Waals surface area contributed by atoms with Gasteiger partial charge in [-0.25, -0.2) is 9.97 Å². The minimum absolute atomic E-state index is 0.00412. The van der Waals surface area contributed by atoms with E-state index in [1.807, 2.05) is 0 Å². The summed E-state index contributed by atoms with van der Waals surface area (Å²) in [6.07, 6.45) is -1.82. The molecule has 0 bridgehead atoms. The summed E-state index contributed by atoms with van der Waals surface area (Å²) in [5.74, 6) is 0.959. The van der Waals surface area contributed by atoms with Crippen LogP contribution >= 0.6 is 11.5 Å². The maximum absolute atomic E-state index is 13.2. The van der Waals surface area contributed by atoms with Gasteiger partial charge in [0.25, 0.3) is 0 Å². The first-order chi connectivity index (χ1) is 13.9. The number of nitrogens with zero attached hydrogens (tertiary/aromatic N) is 4. The lowest BCUT2D eigenvalue weighted by atomic mass is 10.2. The molecule has 29 heavy (non-hydrogen) atoms. The van der Waals surface area contributed by atoms with Gasteiger partial charge < -0.3 is 20.1 Å². The number of anilines is 3. The van der Waals surface area contributed by atoms with Crippen molar-refractivity contribution in [2.45, 2.75) is 12.3 Å². The normalized spacial score (nSPS) is 14.3. The van der Waals surface area contributed by atoms with E-state index < -0.39 is 11.7 Å². The number of pyridine rings is 2. The number of alkyl halides is 3. The summed E-state index contributed by atoms with van der Waals surface area (Å²) in [5.41, 5.74) is -0.481. The van der Waals surface area contributed by atoms with Gasteiger partial charge in [0.1, 0.15) is 17.5 Å². The highest BCUT2D eigenvalue weighted by atomic mass is 32.1. The second-order valence-electron chi connectivity index (χ2n) is 6.03. The third kappa shape index (κ3) is 4.22. The highest BCUT2D eigenvalue weighted by molar-refractivity contribution is 7.09. The zero-order valence-electron chi connectivity index (χ0n) is 15.0. The fraction of sp³-hybridized carbons (Fsp3) is 0.294. The molecule has 0 saturated carbocycles. The molecule has 3 aromatic rings. The third-order valence-corrected chi connectivity index (χ3v) is 4.66. The lowest BCUT2D eigenvalue weighted by molar-refractivity contribution is -0.137. The van der Waals surface area contributed by atoms with E-state index in [0.29, 0.717) is 30.5 Å². The van der Waals surface area contributed by atoms with Crippen LogP contribution in [0.5, 0.6) is 5.75 Å². The van der Waals surface area contributed by atoms with Gasteiger partial charge in [-0.2, -0.15) is 22.5 Å². The minimum Gasteiger partial charge on any atom is -0.484 e. The molecule has 12 heteroatoms. The average molecular weight is 424 g/mol. The predicted molar refractivity (Wildman–Crippen MR) is 100 cm³/mol. The fourth-order valence-electron chi connectivity index (χ4n) is 2.58. The highest BCUT2D eigenvalue weighted by Crippen LogP contribution is 2.38. The Labute approximate surface area is 167 Å². The molecule has 1 aliphatic heterocycles. The molecule has 3 aromatic heterocycles. The summed E-state index contributed by atoms with van der Waals surface area (Å²) in [5, 5.41) is 5.61. The van der Waals surface area contributed by atoms with E-state index in [0.717, 1.165) is 23.8 Å². The second kappa shape index (κ2) is 7.79. The number of aromatic nitrogens is 4. The summed E-state index contributed by atoms with van der Waals surface area (Å²) in [6, 6.07) is 4.37. The van der Waals surface area contributed by atoms with Gasteiger partial charge in [-0.15, -0.1) is 0 Å². The number of ether oxygens (including phenoxy) is 2. The van der Waals surface area contributed by atoms with Gasteiger partial charge in [0.2, 0.25) is 5.13 Å². The first-order valence-corrected chi connectivity index (χ1v) is 9.27. The van der Waals surface area contributed by atoms with Crippen LogP contribution in [-0.2, 0) is 10.9 Å². The van der Waals surface area contributed by atoms with E-state index in [-0.39, 0.29) is 22.7 Å². The fourth-order valence-corrected chi connectivity index (χ4v) is 3.16. The molecule has 1 aliphatic rings. The first-order valence-electron chi connectivity index (χ1n) is 8.49. The van der Waals surface area contributed by atoms with Crippen LogP contribution in [0.25, 0.3) is 11.5 Å². The van der Waals surface area contributed by atoms with Crippen molar-refractivity contribution in [3.8, 4) is 17.3 Å². The molecule has 2 N–H and O–H groups in total. The Bertz CT molecular complexity index is 992. The summed E-state index contributed by atoms with van der Waals surface area (Å²) < 4.78 is 54.4. The van der Waals surface area contributed by atoms with Crippen LogP contribution in [0, 0.1) is 0 Å². The van der Waals surface area contributed by atoms with E-state index in [4.69, 9.17) is 9.47 Å². The largest absolute Gasteiger partial charge is 0.484 e. The Kier molecular flexibility index (Phi) is 5.20. The van der Waals surface area contributed by atoms with Crippen molar-refractivity contribution in [2.75, 3.05) is 30.9 Å². The van der Waals surface area contributed by atoms with Crippen LogP contribution < -0.4 is 15.4 Å². The number of hydrogen-bond acceptors (Lipinski definition) is 9. The Morgan fingerprint density at radius 2 is 2.03 bits per heavy atom. The molecule has 0 radical (unpaired) electrons. The number of halogens is 3. The molecule has 4 rings (SSSR count). The van der Waals surface area contributed by atoms with E-state index in [1.165, 1.54) is 7.05 Å². The van der Waals surface area contributed by atoms with Crippen molar-refractivity contribution in [1.29, 1.82) is 0 Å². The summed E-state index contributed by atoms with van der Waals surface area (Å²) >= 11 is 0.990. The number of rotatable bonds is 6. The monoisotopic (exact) mass is 424 g/mol. The van der Waals surface area contributed by atoms with Crippen LogP contribution in [-0.4, -0.2) is 45.7 Å². The van der Waals surface area contributed by atoms with Crippen molar-refractivity contribution < 1.29 is 22.6 Å². The van der Waals surface area contributed by atoms with E-state index >= 15 is 0 Å². The van der Waals surface area contributed by atoms with Gasteiger partial charge in [0, 0.05) is 24.8 Å². The van der Waals surface area contributed by atoms with Gasteiger partial charge >= 0.3 is 6.18 Å². The number of nitrogens with one attached hydrogen (secondary N) is 2. The topological polar surface area (TPSA) is 94.1 Å². The van der Waals surface area contributed by atoms with Crippen molar-refractivity contribution in [1.82, 2.24) is 19.3 Å². The molecule has 0 spiro atoms. The Hall–Kier alpha value is -2.99. The standard InChI is InChI=1S/C17H15F3N6O2S/c1-21-13-11(17(18,19)20)4-5-22-15(13)25-16-24-14(26-29-16)12-3-2-9(6-23-12)28-10-7-27-8-10/h2-6,10,21H,7-8H2,1H3,(H,22,24,25,26). The smallest absolute Gasteiger partial charge is 0.418 e. The maximum Gasteiger partial charge on any atom is 0.418 e. The molecule has 0 aromatic carbocycles. The molecular formula is C17H15F3N6O2S. The Balaban J connectivity index is 1.51. The molecule has 1 fully saturated rings. The van der Waals surface area contributed by atoms with Crippen molar-refractivity contribution >= 4 is 28.2 Å². The van der Waals surface area contributed by atoms with Gasteiger partial charge in [-0.1, -0.05) is 0 Å². The van der Waals surface area contributed by atoms with Crippen molar-refractivity contribution in [3.05, 3.63) is 36.2 Å². The third-order valence-electron chi connectivity index (χ3n) is 4.03. The minimum atomic E-state index is -4.51.